The molecule has 0 radical (unpaired) electrons. The van der Waals surface area contributed by atoms with E-state index in [0.717, 1.165) is 0 Å². The number of aliphatic hydroxyl groups excluding tert-OH is 1. The molecule has 2 N–H and O–H groups in total. The summed E-state index contributed by atoms with van der Waals surface area (Å²) in [6, 6.07) is 0. The number of hydrogen-bond acceptors (Lipinski definition) is 3. The maximum atomic E-state index is 9.81. The molecule has 0 rings (SSSR count). The number of aliphatic hydroxyl groups is 1. The van der Waals surface area contributed by atoms with E-state index in [1.807, 2.05) is 5.92 Å². The van der Waals surface area contributed by atoms with Gasteiger partial charge in [0.2, 0.25) is 0 Å². The molecule has 0 saturated carbocycles. The van der Waals surface area contributed by atoms with Gasteiger partial charge in [0, 0.05) is 6.42 Å². The molecule has 0 atom stereocenters. The van der Waals surface area contributed by atoms with Crippen LogP contribution in [-0.2, 0) is 10.1 Å². The van der Waals surface area contributed by atoms with Gasteiger partial charge in [-0.25, -0.2) is 0 Å². The van der Waals surface area contributed by atoms with Gasteiger partial charge in [0.1, 0.15) is 0 Å². The molecule has 9 heavy (non-hydrogen) atoms. The van der Waals surface area contributed by atoms with E-state index in [9.17, 15) is 8.42 Å². The predicted octanol–water partition coefficient (Wildman–Crippen LogP) is -0.782. The summed E-state index contributed by atoms with van der Waals surface area (Å²) in [6.45, 7) is -0.206. The lowest BCUT2D eigenvalue weighted by Crippen LogP contribution is -1.90. The Morgan fingerprint density at radius 2 is 2.00 bits per heavy atom. The van der Waals surface area contributed by atoms with Crippen molar-refractivity contribution in [3.8, 4) is 11.2 Å². The van der Waals surface area contributed by atoms with Crippen LogP contribution in [0, 0.1) is 11.2 Å². The standard InChI is InChI=1S/C4H6O4S/c5-3-1-2-4-9(6,7)8/h5H,1,3H2,(H,6,7,8). The molecule has 5 heteroatoms. The molecule has 4 nitrogen and oxygen atoms in total. The Labute approximate surface area is 53.3 Å². The zero-order valence-corrected chi connectivity index (χ0v) is 5.35. The van der Waals surface area contributed by atoms with Crippen LogP contribution in [0.15, 0.2) is 0 Å². The van der Waals surface area contributed by atoms with E-state index in [4.69, 9.17) is 9.66 Å². The normalized spacial score (nSPS) is 10.0. The Morgan fingerprint density at radius 3 is 2.33 bits per heavy atom. The van der Waals surface area contributed by atoms with Crippen LogP contribution >= 0.6 is 0 Å². The Bertz CT molecular complexity index is 217. The van der Waals surface area contributed by atoms with Crippen LogP contribution in [0.25, 0.3) is 0 Å². The van der Waals surface area contributed by atoms with Gasteiger partial charge >= 0.3 is 10.1 Å². The van der Waals surface area contributed by atoms with Gasteiger partial charge in [-0.05, 0) is 0 Å². The fourth-order valence-electron chi connectivity index (χ4n) is 0.198. The first-order chi connectivity index (χ1) is 4.06. The molecular weight excluding hydrogens is 144 g/mol. The third kappa shape index (κ3) is 7.43. The maximum Gasteiger partial charge on any atom is 0.335 e. The average molecular weight is 150 g/mol. The van der Waals surface area contributed by atoms with Crippen LogP contribution in [0.4, 0.5) is 0 Å². The van der Waals surface area contributed by atoms with Crippen molar-refractivity contribution in [3.05, 3.63) is 0 Å². The third-order valence-electron chi connectivity index (χ3n) is 0.438. The van der Waals surface area contributed by atoms with Gasteiger partial charge in [-0.1, -0.05) is 5.92 Å². The summed E-state index contributed by atoms with van der Waals surface area (Å²) in [4.78, 5) is 0. The molecule has 0 amide bonds. The molecule has 0 unspecified atom stereocenters. The van der Waals surface area contributed by atoms with Gasteiger partial charge in [-0.15, -0.1) is 0 Å². The van der Waals surface area contributed by atoms with Crippen molar-refractivity contribution in [1.29, 1.82) is 0 Å². The van der Waals surface area contributed by atoms with Crippen LogP contribution < -0.4 is 0 Å². The highest BCUT2D eigenvalue weighted by molar-refractivity contribution is 7.90. The van der Waals surface area contributed by atoms with E-state index in [0.29, 0.717) is 0 Å². The van der Waals surface area contributed by atoms with Gasteiger partial charge in [0.05, 0.1) is 11.9 Å². The van der Waals surface area contributed by atoms with Crippen molar-refractivity contribution in [2.75, 3.05) is 6.61 Å². The first kappa shape index (κ1) is 8.43. The van der Waals surface area contributed by atoms with E-state index in [1.54, 1.807) is 5.25 Å². The van der Waals surface area contributed by atoms with Gasteiger partial charge < -0.3 is 5.11 Å². The van der Waals surface area contributed by atoms with Crippen LogP contribution in [0.1, 0.15) is 6.42 Å². The topological polar surface area (TPSA) is 74.6 Å². The molecule has 52 valence electrons. The maximum absolute atomic E-state index is 9.81. The summed E-state index contributed by atoms with van der Waals surface area (Å²) in [5.41, 5.74) is 0. The summed E-state index contributed by atoms with van der Waals surface area (Å²) >= 11 is 0. The molecule has 0 aromatic heterocycles. The quantitative estimate of drug-likeness (QED) is 0.379. The summed E-state index contributed by atoms with van der Waals surface area (Å²) in [7, 11) is -4.17. The smallest absolute Gasteiger partial charge is 0.335 e. The predicted molar refractivity (Wildman–Crippen MR) is 31.0 cm³/mol. The van der Waals surface area contributed by atoms with E-state index >= 15 is 0 Å². The number of hydrogen-bond donors (Lipinski definition) is 2. The van der Waals surface area contributed by atoms with Crippen LogP contribution in [0.3, 0.4) is 0 Å². The zero-order valence-electron chi connectivity index (χ0n) is 4.53. The Hall–Kier alpha value is -0.570. The second kappa shape index (κ2) is 3.45. The van der Waals surface area contributed by atoms with Gasteiger partial charge in [0.15, 0.2) is 0 Å². The molecule has 0 heterocycles. The van der Waals surface area contributed by atoms with E-state index in [-0.39, 0.29) is 13.0 Å². The zero-order chi connectivity index (χ0) is 7.33. The fourth-order valence-corrected chi connectivity index (χ4v) is 0.483. The SMILES string of the molecule is O=S(=O)(O)C#CCCO. The minimum absolute atomic E-state index is 0.0553. The summed E-state index contributed by atoms with van der Waals surface area (Å²) in [6.07, 6.45) is 0.0553. The lowest BCUT2D eigenvalue weighted by atomic mass is 10.5. The second-order valence-electron chi connectivity index (χ2n) is 1.23. The molecular formula is C4H6O4S. The molecule has 0 aliphatic heterocycles. The Kier molecular flexibility index (Phi) is 3.24. The van der Waals surface area contributed by atoms with Crippen LogP contribution in [0.2, 0.25) is 0 Å². The van der Waals surface area contributed by atoms with Crippen molar-refractivity contribution in [1.82, 2.24) is 0 Å². The van der Waals surface area contributed by atoms with E-state index < -0.39 is 10.1 Å². The average Bonchev–Trinajstić information content (AvgIpc) is 1.63. The van der Waals surface area contributed by atoms with Crippen molar-refractivity contribution in [3.63, 3.8) is 0 Å². The van der Waals surface area contributed by atoms with Crippen molar-refractivity contribution >= 4 is 10.1 Å². The third-order valence-corrected chi connectivity index (χ3v) is 0.840. The minimum Gasteiger partial charge on any atom is -0.395 e. The highest BCUT2D eigenvalue weighted by atomic mass is 32.2. The molecule has 0 aromatic carbocycles. The van der Waals surface area contributed by atoms with Gasteiger partial charge in [-0.2, -0.15) is 8.42 Å². The molecule has 0 saturated heterocycles. The van der Waals surface area contributed by atoms with Crippen molar-refractivity contribution in [2.45, 2.75) is 6.42 Å². The molecule has 0 aromatic rings. The monoisotopic (exact) mass is 150 g/mol. The summed E-state index contributed by atoms with van der Waals surface area (Å²) in [5.74, 6) is 2.04. The molecule has 0 fully saturated rings. The fraction of sp³-hybridized carbons (Fsp3) is 0.500. The van der Waals surface area contributed by atoms with E-state index in [1.165, 1.54) is 0 Å². The first-order valence-electron chi connectivity index (χ1n) is 2.14. The summed E-state index contributed by atoms with van der Waals surface area (Å²) < 4.78 is 27.6. The molecule has 0 aliphatic carbocycles. The molecule has 0 aliphatic rings. The highest BCUT2D eigenvalue weighted by Gasteiger charge is 1.91. The Balaban J connectivity index is 3.90. The second-order valence-corrected chi connectivity index (χ2v) is 2.38. The molecule has 0 bridgehead atoms. The lowest BCUT2D eigenvalue weighted by molar-refractivity contribution is 0.305. The van der Waals surface area contributed by atoms with Gasteiger partial charge in [0.25, 0.3) is 0 Å². The van der Waals surface area contributed by atoms with Crippen LogP contribution in [0.5, 0.6) is 0 Å². The van der Waals surface area contributed by atoms with Crippen molar-refractivity contribution in [2.24, 2.45) is 0 Å². The molecule has 0 spiro atoms. The summed E-state index contributed by atoms with van der Waals surface area (Å²) in [5, 5.41) is 9.62. The largest absolute Gasteiger partial charge is 0.395 e. The van der Waals surface area contributed by atoms with Crippen molar-refractivity contribution < 1.29 is 18.1 Å². The van der Waals surface area contributed by atoms with Gasteiger partial charge in [-0.3, -0.25) is 4.55 Å². The highest BCUT2D eigenvalue weighted by Crippen LogP contribution is 1.76. The lowest BCUT2D eigenvalue weighted by Gasteiger charge is -1.77. The van der Waals surface area contributed by atoms with E-state index in [2.05, 4.69) is 0 Å². The Morgan fingerprint density at radius 1 is 1.44 bits per heavy atom. The number of rotatable bonds is 1. The minimum atomic E-state index is -4.17. The first-order valence-corrected chi connectivity index (χ1v) is 3.58. The van der Waals surface area contributed by atoms with Crippen LogP contribution in [-0.4, -0.2) is 24.7 Å².